The van der Waals surface area contributed by atoms with Gasteiger partial charge < -0.3 is 9.36 Å². The molecule has 2 aromatic heterocycles. The van der Waals surface area contributed by atoms with Crippen LogP contribution in [-0.2, 0) is 4.84 Å². The van der Waals surface area contributed by atoms with Crippen LogP contribution in [0.2, 0.25) is 0 Å². The molecule has 1 aliphatic rings. The summed E-state index contributed by atoms with van der Waals surface area (Å²) in [7, 11) is 0. The highest BCUT2D eigenvalue weighted by molar-refractivity contribution is 7.12. The molecule has 0 radical (unpaired) electrons. The molecule has 0 fully saturated rings. The van der Waals surface area contributed by atoms with Gasteiger partial charge in [-0.1, -0.05) is 10.3 Å². The lowest BCUT2D eigenvalue weighted by Gasteiger charge is -2.11. The number of carbonyl (C=O) groups excluding carboxylic acids is 1. The first-order valence-corrected chi connectivity index (χ1v) is 6.41. The summed E-state index contributed by atoms with van der Waals surface area (Å²) < 4.78 is 5.22. The number of hydrogen-bond donors (Lipinski definition) is 0. The highest BCUT2D eigenvalue weighted by atomic mass is 32.1. The van der Waals surface area contributed by atoms with E-state index in [4.69, 9.17) is 9.36 Å². The van der Waals surface area contributed by atoms with Crippen LogP contribution in [0.15, 0.2) is 21.1 Å². The Balaban J connectivity index is 2.25. The maximum atomic E-state index is 12.3. The van der Waals surface area contributed by atoms with Gasteiger partial charge in [-0.05, 0) is 25.3 Å². The van der Waals surface area contributed by atoms with E-state index >= 15 is 0 Å². The molecule has 3 rings (SSSR count). The van der Waals surface area contributed by atoms with Gasteiger partial charge in [-0.3, -0.25) is 4.79 Å². The van der Waals surface area contributed by atoms with Crippen molar-refractivity contribution in [2.75, 3.05) is 6.61 Å². The van der Waals surface area contributed by atoms with Gasteiger partial charge in [0.1, 0.15) is 6.61 Å². The minimum atomic E-state index is -0.0517. The maximum absolute atomic E-state index is 12.3. The zero-order chi connectivity index (χ0) is 12.7. The molecule has 0 saturated heterocycles. The van der Waals surface area contributed by atoms with Gasteiger partial charge in [-0.15, -0.1) is 11.3 Å². The summed E-state index contributed by atoms with van der Waals surface area (Å²) in [6.07, 6.45) is 0. The van der Waals surface area contributed by atoms with Crippen LogP contribution in [0.1, 0.15) is 39.2 Å². The summed E-state index contributed by atoms with van der Waals surface area (Å²) in [5.41, 5.74) is 2.37. The van der Waals surface area contributed by atoms with Crippen molar-refractivity contribution in [1.29, 1.82) is 0 Å². The zero-order valence-electron chi connectivity index (χ0n) is 9.89. The number of aryl methyl sites for hydroxylation is 1. The van der Waals surface area contributed by atoms with Gasteiger partial charge >= 0.3 is 0 Å². The Kier molecular flexibility index (Phi) is 2.52. The molecule has 0 unspecified atom stereocenters. The van der Waals surface area contributed by atoms with Gasteiger partial charge in [0, 0.05) is 5.56 Å². The quantitative estimate of drug-likeness (QED) is 0.665. The lowest BCUT2D eigenvalue weighted by Crippen LogP contribution is -2.18. The fourth-order valence-electron chi connectivity index (χ4n) is 1.93. The van der Waals surface area contributed by atoms with Crippen molar-refractivity contribution < 1.29 is 14.2 Å². The summed E-state index contributed by atoms with van der Waals surface area (Å²) >= 11 is 1.39. The molecule has 92 valence electrons. The van der Waals surface area contributed by atoms with E-state index in [1.807, 2.05) is 18.4 Å². The number of aromatic nitrogens is 1. The lowest BCUT2D eigenvalue weighted by atomic mass is 9.93. The lowest BCUT2D eigenvalue weighted by molar-refractivity contribution is 0.103. The van der Waals surface area contributed by atoms with Crippen molar-refractivity contribution in [1.82, 2.24) is 5.16 Å². The third-order valence-electron chi connectivity index (χ3n) is 2.72. The zero-order valence-corrected chi connectivity index (χ0v) is 10.7. The highest BCUT2D eigenvalue weighted by Crippen LogP contribution is 2.32. The predicted octanol–water partition coefficient (Wildman–Crippen LogP) is 2.38. The monoisotopic (exact) mass is 262 g/mol. The summed E-state index contributed by atoms with van der Waals surface area (Å²) in [6, 6.07) is 1.84. The molecule has 0 spiro atoms. The van der Waals surface area contributed by atoms with Crippen LogP contribution in [0.4, 0.5) is 0 Å². The Labute approximate surface area is 107 Å². The Morgan fingerprint density at radius 2 is 2.39 bits per heavy atom. The molecule has 0 atom stereocenters. The Hall–Kier alpha value is -1.95. The van der Waals surface area contributed by atoms with Crippen LogP contribution in [0.5, 0.6) is 0 Å². The van der Waals surface area contributed by atoms with E-state index in [1.54, 1.807) is 6.92 Å². The summed E-state index contributed by atoms with van der Waals surface area (Å²) in [4.78, 5) is 18.0. The number of hydrogen-bond acceptors (Lipinski definition) is 6. The maximum Gasteiger partial charge on any atom is 0.209 e. The molecule has 2 aromatic rings. The number of thiophene rings is 1. The van der Waals surface area contributed by atoms with Crippen molar-refractivity contribution in [3.05, 3.63) is 38.9 Å². The molecule has 0 amide bonds. The Morgan fingerprint density at radius 1 is 1.56 bits per heavy atom. The number of oxime groups is 1. The molecule has 18 heavy (non-hydrogen) atoms. The average Bonchev–Trinajstić information content (AvgIpc) is 2.97. The smallest absolute Gasteiger partial charge is 0.209 e. The van der Waals surface area contributed by atoms with Crippen molar-refractivity contribution in [2.24, 2.45) is 5.16 Å². The first kappa shape index (κ1) is 11.2. The molecule has 0 bridgehead atoms. The third-order valence-corrected chi connectivity index (χ3v) is 3.63. The van der Waals surface area contributed by atoms with E-state index < -0.39 is 0 Å². The minimum Gasteiger partial charge on any atom is -0.395 e. The molecule has 0 saturated carbocycles. The first-order chi connectivity index (χ1) is 8.74. The molecule has 6 heteroatoms. The largest absolute Gasteiger partial charge is 0.395 e. The number of nitrogens with zero attached hydrogens (tertiary/aromatic N) is 2. The standard InChI is InChI=1S/C12H10N2O3S/c1-3-16-14-9-7-4-5-18-12(7)10(15)8-6(2)13-17-11(8)9/h4-5H,3H2,1-2H3/b14-9-. The van der Waals surface area contributed by atoms with Crippen LogP contribution in [0.3, 0.4) is 0 Å². The minimum absolute atomic E-state index is 0.0517. The number of rotatable bonds is 2. The molecule has 0 N–H and O–H groups in total. The van der Waals surface area contributed by atoms with E-state index in [0.717, 1.165) is 5.56 Å². The second kappa shape index (κ2) is 4.06. The Morgan fingerprint density at radius 3 is 3.17 bits per heavy atom. The fraction of sp³-hybridized carbons (Fsp3) is 0.250. The van der Waals surface area contributed by atoms with Gasteiger partial charge in [0.25, 0.3) is 0 Å². The number of fused-ring (bicyclic) bond motifs is 2. The molecule has 5 nitrogen and oxygen atoms in total. The van der Waals surface area contributed by atoms with Crippen LogP contribution in [0.25, 0.3) is 0 Å². The predicted molar refractivity (Wildman–Crippen MR) is 66.3 cm³/mol. The van der Waals surface area contributed by atoms with Crippen molar-refractivity contribution in [3.63, 3.8) is 0 Å². The number of ketones is 1. The van der Waals surface area contributed by atoms with Crippen LogP contribution < -0.4 is 0 Å². The third kappa shape index (κ3) is 1.42. The second-order valence-electron chi connectivity index (χ2n) is 3.82. The van der Waals surface area contributed by atoms with Gasteiger partial charge in [0.05, 0.1) is 16.1 Å². The van der Waals surface area contributed by atoms with E-state index in [-0.39, 0.29) is 5.78 Å². The molecule has 2 heterocycles. The average molecular weight is 262 g/mol. The summed E-state index contributed by atoms with van der Waals surface area (Å²) in [5.74, 6) is 0.348. The first-order valence-electron chi connectivity index (χ1n) is 5.53. The number of carbonyl (C=O) groups is 1. The normalized spacial score (nSPS) is 15.7. The fourth-order valence-corrected chi connectivity index (χ4v) is 2.77. The molecule has 1 aliphatic carbocycles. The van der Waals surface area contributed by atoms with Crippen LogP contribution in [0, 0.1) is 6.92 Å². The molecular formula is C12H10N2O3S. The summed E-state index contributed by atoms with van der Waals surface area (Å²) in [5, 5.41) is 9.74. The van der Waals surface area contributed by atoms with Crippen LogP contribution >= 0.6 is 11.3 Å². The van der Waals surface area contributed by atoms with Gasteiger partial charge in [-0.2, -0.15) is 0 Å². The molecule has 0 aliphatic heterocycles. The van der Waals surface area contributed by atoms with Crippen molar-refractivity contribution in [3.8, 4) is 0 Å². The van der Waals surface area contributed by atoms with E-state index in [1.165, 1.54) is 11.3 Å². The van der Waals surface area contributed by atoms with E-state index in [2.05, 4.69) is 10.3 Å². The Bertz CT molecular complexity index is 654. The topological polar surface area (TPSA) is 64.7 Å². The summed E-state index contributed by atoms with van der Waals surface area (Å²) in [6.45, 7) is 4.05. The SMILES string of the molecule is CCO/N=C1/c2ccsc2C(=O)c2c(C)noc21. The van der Waals surface area contributed by atoms with Crippen molar-refractivity contribution in [2.45, 2.75) is 13.8 Å². The molecular weight excluding hydrogens is 252 g/mol. The van der Waals surface area contributed by atoms with Gasteiger partial charge in [0.2, 0.25) is 11.5 Å². The second-order valence-corrected chi connectivity index (χ2v) is 4.74. The van der Waals surface area contributed by atoms with Gasteiger partial charge in [-0.25, -0.2) is 0 Å². The van der Waals surface area contributed by atoms with Gasteiger partial charge in [0.15, 0.2) is 5.71 Å². The van der Waals surface area contributed by atoms with E-state index in [9.17, 15) is 4.79 Å². The van der Waals surface area contributed by atoms with E-state index in [0.29, 0.717) is 34.2 Å². The van der Waals surface area contributed by atoms with Crippen LogP contribution in [-0.4, -0.2) is 23.3 Å². The van der Waals surface area contributed by atoms with Crippen molar-refractivity contribution >= 4 is 22.8 Å². The molecule has 0 aromatic carbocycles. The highest BCUT2D eigenvalue weighted by Gasteiger charge is 2.35.